The van der Waals surface area contributed by atoms with Crippen LogP contribution >= 0.6 is 12.6 Å². The van der Waals surface area contributed by atoms with Crippen LogP contribution in [0.4, 0.5) is 0 Å². The molecule has 0 aliphatic rings. The Morgan fingerprint density at radius 3 is 2.72 bits per heavy atom. The minimum atomic E-state index is -0.133. The molecule has 0 bridgehead atoms. The number of benzene rings is 1. The molecule has 0 aliphatic carbocycles. The van der Waals surface area contributed by atoms with Gasteiger partial charge in [-0.25, -0.2) is 0 Å². The fraction of sp³-hybridized carbons (Fsp3) is 0.500. The molecule has 3 nitrogen and oxygen atoms in total. The lowest BCUT2D eigenvalue weighted by Gasteiger charge is -2.14. The second kappa shape index (κ2) is 7.31. The van der Waals surface area contributed by atoms with E-state index >= 15 is 0 Å². The maximum absolute atomic E-state index is 11.4. The van der Waals surface area contributed by atoms with E-state index in [2.05, 4.69) is 12.6 Å². The van der Waals surface area contributed by atoms with Crippen LogP contribution in [0.3, 0.4) is 0 Å². The molecule has 0 aliphatic heterocycles. The summed E-state index contributed by atoms with van der Waals surface area (Å²) in [5.41, 5.74) is 1.09. The summed E-state index contributed by atoms with van der Waals surface area (Å²) in [5, 5.41) is 10.1. The van der Waals surface area contributed by atoms with E-state index in [1.165, 1.54) is 6.92 Å². The van der Waals surface area contributed by atoms with Crippen molar-refractivity contribution in [3.63, 3.8) is 0 Å². The molecule has 0 fully saturated rings. The summed E-state index contributed by atoms with van der Waals surface area (Å²) in [4.78, 5) is 11.4. The van der Waals surface area contributed by atoms with E-state index in [0.29, 0.717) is 24.3 Å². The second-order valence-corrected chi connectivity index (χ2v) is 4.62. The lowest BCUT2D eigenvalue weighted by atomic mass is 10.0. The van der Waals surface area contributed by atoms with E-state index < -0.39 is 0 Å². The molecule has 0 amide bonds. The van der Waals surface area contributed by atoms with E-state index in [0.717, 1.165) is 24.2 Å². The number of hydrogen-bond donors (Lipinski definition) is 2. The third-order valence-corrected chi connectivity index (χ3v) is 3.00. The zero-order valence-electron chi connectivity index (χ0n) is 10.9. The maximum atomic E-state index is 11.4. The number of Topliss-reactive ketones (excluding diaryl/α,β-unsaturated/α-hetero) is 1. The Balaban J connectivity index is 3.02. The Bertz CT molecular complexity index is 416. The van der Waals surface area contributed by atoms with Crippen LogP contribution in [0, 0.1) is 0 Å². The number of carbonyl (C=O) groups excluding carboxylic acids is 1. The first kappa shape index (κ1) is 14.9. The standard InChI is InChI=1S/C14H20O3S/c1-3-5-12-13(17-8-4-9-18)7-6-11(10(2)15)14(12)16/h6-7,16,18H,3-5,8-9H2,1-2H3. The van der Waals surface area contributed by atoms with Gasteiger partial charge in [0.05, 0.1) is 12.2 Å². The number of rotatable bonds is 7. The van der Waals surface area contributed by atoms with Gasteiger partial charge in [-0.15, -0.1) is 0 Å². The summed E-state index contributed by atoms with van der Waals surface area (Å²) in [6, 6.07) is 3.38. The molecule has 1 aromatic carbocycles. The molecule has 1 aromatic rings. The number of hydrogen-bond acceptors (Lipinski definition) is 4. The van der Waals surface area contributed by atoms with Crippen molar-refractivity contribution in [2.75, 3.05) is 12.4 Å². The van der Waals surface area contributed by atoms with Gasteiger partial charge in [0.2, 0.25) is 0 Å². The quantitative estimate of drug-likeness (QED) is 0.453. The van der Waals surface area contributed by atoms with Gasteiger partial charge in [0, 0.05) is 5.56 Å². The van der Waals surface area contributed by atoms with Crippen molar-refractivity contribution in [1.29, 1.82) is 0 Å². The summed E-state index contributed by atoms with van der Waals surface area (Å²) in [6.07, 6.45) is 2.44. The number of thiol groups is 1. The topological polar surface area (TPSA) is 46.5 Å². The Labute approximate surface area is 114 Å². The summed E-state index contributed by atoms with van der Waals surface area (Å²) in [7, 11) is 0. The Morgan fingerprint density at radius 2 is 2.17 bits per heavy atom. The van der Waals surface area contributed by atoms with Crippen LogP contribution in [-0.2, 0) is 6.42 Å². The third-order valence-electron chi connectivity index (χ3n) is 2.68. The van der Waals surface area contributed by atoms with Gasteiger partial charge in [0.25, 0.3) is 0 Å². The molecular weight excluding hydrogens is 248 g/mol. The van der Waals surface area contributed by atoms with Gasteiger partial charge in [-0.3, -0.25) is 4.79 Å². The molecule has 0 spiro atoms. The van der Waals surface area contributed by atoms with Gasteiger partial charge in [-0.05, 0) is 37.7 Å². The molecule has 0 unspecified atom stereocenters. The molecule has 0 radical (unpaired) electrons. The molecular formula is C14H20O3S. The van der Waals surface area contributed by atoms with Gasteiger partial charge in [-0.1, -0.05) is 13.3 Å². The fourth-order valence-electron chi connectivity index (χ4n) is 1.78. The average molecular weight is 268 g/mol. The average Bonchev–Trinajstić information content (AvgIpc) is 2.33. The van der Waals surface area contributed by atoms with Crippen molar-refractivity contribution in [2.45, 2.75) is 33.1 Å². The number of phenols is 1. The first-order chi connectivity index (χ1) is 8.61. The molecule has 0 saturated carbocycles. The van der Waals surface area contributed by atoms with Crippen molar-refractivity contribution in [3.05, 3.63) is 23.3 Å². The van der Waals surface area contributed by atoms with E-state index in [-0.39, 0.29) is 11.5 Å². The van der Waals surface area contributed by atoms with Crippen LogP contribution in [0.1, 0.15) is 42.6 Å². The van der Waals surface area contributed by atoms with Crippen LogP contribution in [0.5, 0.6) is 11.5 Å². The Kier molecular flexibility index (Phi) is 6.05. The van der Waals surface area contributed by atoms with E-state index in [1.54, 1.807) is 12.1 Å². The van der Waals surface area contributed by atoms with Crippen molar-refractivity contribution >= 4 is 18.4 Å². The van der Waals surface area contributed by atoms with Crippen LogP contribution in [0.25, 0.3) is 0 Å². The molecule has 0 atom stereocenters. The lowest BCUT2D eigenvalue weighted by Crippen LogP contribution is -2.03. The third kappa shape index (κ3) is 3.67. The highest BCUT2D eigenvalue weighted by Crippen LogP contribution is 2.33. The van der Waals surface area contributed by atoms with Crippen LogP contribution in [-0.4, -0.2) is 23.2 Å². The van der Waals surface area contributed by atoms with Crippen molar-refractivity contribution in [1.82, 2.24) is 0 Å². The number of ketones is 1. The SMILES string of the molecule is CCCc1c(OCCCS)ccc(C(C)=O)c1O. The smallest absolute Gasteiger partial charge is 0.163 e. The number of aromatic hydroxyl groups is 1. The number of carbonyl (C=O) groups is 1. The highest BCUT2D eigenvalue weighted by Gasteiger charge is 2.15. The molecule has 1 rings (SSSR count). The minimum absolute atomic E-state index is 0.0627. The minimum Gasteiger partial charge on any atom is -0.507 e. The van der Waals surface area contributed by atoms with Gasteiger partial charge in [0.1, 0.15) is 11.5 Å². The zero-order valence-corrected chi connectivity index (χ0v) is 11.8. The molecule has 18 heavy (non-hydrogen) atoms. The summed E-state index contributed by atoms with van der Waals surface area (Å²) in [5.74, 6) is 1.36. The van der Waals surface area contributed by atoms with Gasteiger partial charge < -0.3 is 9.84 Å². The monoisotopic (exact) mass is 268 g/mol. The normalized spacial score (nSPS) is 10.4. The second-order valence-electron chi connectivity index (χ2n) is 4.17. The van der Waals surface area contributed by atoms with Gasteiger partial charge in [0.15, 0.2) is 5.78 Å². The molecule has 1 N–H and O–H groups in total. The van der Waals surface area contributed by atoms with E-state index in [9.17, 15) is 9.90 Å². The molecule has 0 saturated heterocycles. The zero-order chi connectivity index (χ0) is 13.5. The summed E-state index contributed by atoms with van der Waals surface area (Å²) < 4.78 is 5.63. The first-order valence-electron chi connectivity index (χ1n) is 6.21. The van der Waals surface area contributed by atoms with Crippen molar-refractivity contribution in [2.24, 2.45) is 0 Å². The van der Waals surface area contributed by atoms with Crippen LogP contribution in [0.15, 0.2) is 12.1 Å². The fourth-order valence-corrected chi connectivity index (χ4v) is 1.90. The van der Waals surface area contributed by atoms with Gasteiger partial charge >= 0.3 is 0 Å². The van der Waals surface area contributed by atoms with Crippen molar-refractivity contribution < 1.29 is 14.6 Å². The predicted molar refractivity (Wildman–Crippen MR) is 76.1 cm³/mol. The Morgan fingerprint density at radius 1 is 1.44 bits per heavy atom. The molecule has 0 heterocycles. The molecule has 0 aromatic heterocycles. The summed E-state index contributed by atoms with van der Waals surface area (Å²) >= 11 is 4.12. The van der Waals surface area contributed by atoms with Gasteiger partial charge in [-0.2, -0.15) is 12.6 Å². The van der Waals surface area contributed by atoms with Crippen molar-refractivity contribution in [3.8, 4) is 11.5 Å². The lowest BCUT2D eigenvalue weighted by molar-refractivity contribution is 0.101. The van der Waals surface area contributed by atoms with E-state index in [1.807, 2.05) is 6.92 Å². The number of ether oxygens (including phenoxy) is 1. The predicted octanol–water partition coefficient (Wildman–Crippen LogP) is 3.25. The van der Waals surface area contributed by atoms with Crippen LogP contribution < -0.4 is 4.74 Å². The highest BCUT2D eigenvalue weighted by atomic mass is 32.1. The van der Waals surface area contributed by atoms with Crippen LogP contribution in [0.2, 0.25) is 0 Å². The van der Waals surface area contributed by atoms with E-state index in [4.69, 9.17) is 4.74 Å². The molecule has 4 heteroatoms. The Hall–Kier alpha value is -1.16. The maximum Gasteiger partial charge on any atom is 0.163 e. The molecule has 100 valence electrons. The largest absolute Gasteiger partial charge is 0.507 e. The number of phenolic OH excluding ortho intramolecular Hbond substituents is 1. The highest BCUT2D eigenvalue weighted by molar-refractivity contribution is 7.80. The summed E-state index contributed by atoms with van der Waals surface area (Å²) in [6.45, 7) is 4.04. The first-order valence-corrected chi connectivity index (χ1v) is 6.84.